The minimum Gasteiger partial charge on any atom is -0.497 e. The third kappa shape index (κ3) is 3.99. The summed E-state index contributed by atoms with van der Waals surface area (Å²) in [6, 6.07) is 13.6. The van der Waals surface area contributed by atoms with Crippen LogP contribution in [-0.4, -0.2) is 22.3 Å². The zero-order valence-corrected chi connectivity index (χ0v) is 14.8. The lowest BCUT2D eigenvalue weighted by Crippen LogP contribution is -2.03. The molecule has 1 aromatic heterocycles. The maximum atomic E-state index is 5.21. The van der Waals surface area contributed by atoms with Crippen LogP contribution in [0.15, 0.2) is 53.1 Å². The van der Waals surface area contributed by atoms with E-state index in [0.717, 1.165) is 21.6 Å². The number of nitrogens with one attached hydrogen (secondary N) is 2. The maximum absolute atomic E-state index is 5.21. The predicted molar refractivity (Wildman–Crippen MR) is 98.3 cm³/mol. The molecule has 0 bridgehead atoms. The van der Waals surface area contributed by atoms with Gasteiger partial charge in [-0.25, -0.2) is 0 Å². The van der Waals surface area contributed by atoms with Crippen molar-refractivity contribution in [2.24, 2.45) is 0 Å². The van der Waals surface area contributed by atoms with E-state index in [1.807, 2.05) is 49.4 Å². The van der Waals surface area contributed by atoms with Crippen LogP contribution in [0.4, 0.5) is 23.1 Å². The van der Waals surface area contributed by atoms with Crippen molar-refractivity contribution in [2.75, 3.05) is 17.7 Å². The Morgan fingerprint density at radius 3 is 2.75 bits per heavy atom. The van der Waals surface area contributed by atoms with Crippen LogP contribution in [0.25, 0.3) is 0 Å². The van der Waals surface area contributed by atoms with Crippen LogP contribution in [0.2, 0.25) is 0 Å². The van der Waals surface area contributed by atoms with Crippen molar-refractivity contribution in [1.82, 2.24) is 15.2 Å². The van der Waals surface area contributed by atoms with Crippen LogP contribution < -0.4 is 15.4 Å². The second-order valence-electron chi connectivity index (χ2n) is 5.13. The normalized spacial score (nSPS) is 10.3. The lowest BCUT2D eigenvalue weighted by atomic mass is 10.2. The van der Waals surface area contributed by atoms with Gasteiger partial charge in [-0.2, -0.15) is 10.1 Å². The van der Waals surface area contributed by atoms with Crippen LogP contribution in [0.3, 0.4) is 0 Å². The molecule has 122 valence electrons. The summed E-state index contributed by atoms with van der Waals surface area (Å²) in [6.45, 7) is 2.03. The molecule has 2 aromatic carbocycles. The monoisotopic (exact) mass is 385 g/mol. The molecule has 0 aliphatic heterocycles. The van der Waals surface area contributed by atoms with Crippen molar-refractivity contribution in [3.63, 3.8) is 0 Å². The SMILES string of the molecule is COc1cccc(Nc2cnnc(Nc3ccc(C)cc3Br)n2)c1. The summed E-state index contributed by atoms with van der Waals surface area (Å²) in [7, 11) is 1.63. The van der Waals surface area contributed by atoms with Gasteiger partial charge in [0.05, 0.1) is 19.0 Å². The van der Waals surface area contributed by atoms with E-state index in [0.29, 0.717) is 11.8 Å². The molecule has 0 spiro atoms. The Labute approximate surface area is 148 Å². The summed E-state index contributed by atoms with van der Waals surface area (Å²) in [5.41, 5.74) is 2.90. The standard InChI is InChI=1S/C17H16BrN5O/c1-11-6-7-15(14(18)8-11)21-17-22-16(10-19-23-17)20-12-4-3-5-13(9-12)24-2/h3-10H,1-2H3,(H2,20,21,22,23). The van der Waals surface area contributed by atoms with Crippen molar-refractivity contribution in [1.29, 1.82) is 0 Å². The first-order valence-electron chi connectivity index (χ1n) is 7.28. The van der Waals surface area contributed by atoms with Crippen molar-refractivity contribution in [3.05, 3.63) is 58.7 Å². The molecule has 1 heterocycles. The minimum absolute atomic E-state index is 0.410. The third-order valence-electron chi connectivity index (χ3n) is 3.27. The van der Waals surface area contributed by atoms with Crippen molar-refractivity contribution in [3.8, 4) is 5.75 Å². The zero-order chi connectivity index (χ0) is 16.9. The largest absolute Gasteiger partial charge is 0.497 e. The van der Waals surface area contributed by atoms with Gasteiger partial charge in [-0.15, -0.1) is 5.10 Å². The number of rotatable bonds is 5. The predicted octanol–water partition coefficient (Wildman–Crippen LogP) is 4.44. The van der Waals surface area contributed by atoms with Crippen molar-refractivity contribution in [2.45, 2.75) is 6.92 Å². The molecule has 0 aliphatic carbocycles. The number of aryl methyl sites for hydroxylation is 1. The molecule has 3 aromatic rings. The lowest BCUT2D eigenvalue weighted by Gasteiger charge is -2.10. The van der Waals surface area contributed by atoms with E-state index in [-0.39, 0.29) is 0 Å². The molecule has 0 fully saturated rings. The molecule has 0 saturated heterocycles. The Kier molecular flexibility index (Phi) is 4.90. The first-order chi connectivity index (χ1) is 11.6. The Bertz CT molecular complexity index is 856. The molecule has 0 aliphatic rings. The highest BCUT2D eigenvalue weighted by Crippen LogP contribution is 2.26. The zero-order valence-electron chi connectivity index (χ0n) is 13.2. The summed E-state index contributed by atoms with van der Waals surface area (Å²) >= 11 is 3.52. The molecular formula is C17H16BrN5O. The topological polar surface area (TPSA) is 72.0 Å². The number of anilines is 4. The van der Waals surface area contributed by atoms with E-state index in [1.54, 1.807) is 13.3 Å². The smallest absolute Gasteiger partial charge is 0.249 e. The summed E-state index contributed by atoms with van der Waals surface area (Å²) in [5.74, 6) is 1.76. The number of hydrogen-bond donors (Lipinski definition) is 2. The fraction of sp³-hybridized carbons (Fsp3) is 0.118. The molecule has 0 atom stereocenters. The number of hydrogen-bond acceptors (Lipinski definition) is 6. The van der Waals surface area contributed by atoms with E-state index in [1.165, 1.54) is 5.56 Å². The first kappa shape index (κ1) is 16.2. The van der Waals surface area contributed by atoms with Crippen LogP contribution in [-0.2, 0) is 0 Å². The highest BCUT2D eigenvalue weighted by atomic mass is 79.9. The summed E-state index contributed by atoms with van der Waals surface area (Å²) < 4.78 is 6.15. The highest BCUT2D eigenvalue weighted by Gasteiger charge is 2.05. The lowest BCUT2D eigenvalue weighted by molar-refractivity contribution is 0.415. The fourth-order valence-electron chi connectivity index (χ4n) is 2.11. The third-order valence-corrected chi connectivity index (χ3v) is 3.93. The Balaban J connectivity index is 1.78. The second kappa shape index (κ2) is 7.27. The van der Waals surface area contributed by atoms with Gasteiger partial charge in [-0.05, 0) is 52.7 Å². The number of nitrogens with zero attached hydrogens (tertiary/aromatic N) is 3. The maximum Gasteiger partial charge on any atom is 0.249 e. The molecule has 0 unspecified atom stereocenters. The molecule has 0 amide bonds. The molecule has 0 radical (unpaired) electrons. The molecule has 24 heavy (non-hydrogen) atoms. The van der Waals surface area contributed by atoms with Crippen LogP contribution in [0, 0.1) is 6.92 Å². The number of halogens is 1. The number of methoxy groups -OCH3 is 1. The molecule has 0 saturated carbocycles. The number of benzene rings is 2. The van der Waals surface area contributed by atoms with Crippen LogP contribution in [0.5, 0.6) is 5.75 Å². The quantitative estimate of drug-likeness (QED) is 0.676. The Hall–Kier alpha value is -2.67. The van der Waals surface area contributed by atoms with Gasteiger partial charge >= 0.3 is 0 Å². The van der Waals surface area contributed by atoms with Gasteiger partial charge in [0, 0.05) is 16.2 Å². The molecular weight excluding hydrogens is 370 g/mol. The van der Waals surface area contributed by atoms with Gasteiger partial charge < -0.3 is 15.4 Å². The minimum atomic E-state index is 0.410. The van der Waals surface area contributed by atoms with E-state index in [2.05, 4.69) is 41.7 Å². The Morgan fingerprint density at radius 2 is 1.96 bits per heavy atom. The molecule has 3 rings (SSSR count). The summed E-state index contributed by atoms with van der Waals surface area (Å²) in [6.07, 6.45) is 1.56. The van der Waals surface area contributed by atoms with Crippen LogP contribution in [0.1, 0.15) is 5.56 Å². The average Bonchev–Trinajstić information content (AvgIpc) is 2.58. The van der Waals surface area contributed by atoms with E-state index in [9.17, 15) is 0 Å². The molecule has 7 heteroatoms. The Morgan fingerprint density at radius 1 is 1.08 bits per heavy atom. The summed E-state index contributed by atoms with van der Waals surface area (Å²) in [5, 5.41) is 14.3. The van der Waals surface area contributed by atoms with Gasteiger partial charge in [-0.3, -0.25) is 0 Å². The highest BCUT2D eigenvalue weighted by molar-refractivity contribution is 9.10. The average molecular weight is 386 g/mol. The van der Waals surface area contributed by atoms with Crippen molar-refractivity contribution >= 4 is 39.1 Å². The van der Waals surface area contributed by atoms with E-state index < -0.39 is 0 Å². The van der Waals surface area contributed by atoms with Gasteiger partial charge in [0.25, 0.3) is 0 Å². The van der Waals surface area contributed by atoms with E-state index in [4.69, 9.17) is 4.74 Å². The molecule has 2 N–H and O–H groups in total. The summed E-state index contributed by atoms with van der Waals surface area (Å²) in [4.78, 5) is 4.42. The number of ether oxygens (including phenoxy) is 1. The van der Waals surface area contributed by atoms with E-state index >= 15 is 0 Å². The molecule has 6 nitrogen and oxygen atoms in total. The van der Waals surface area contributed by atoms with Gasteiger partial charge in [0.15, 0.2) is 5.82 Å². The number of aromatic nitrogens is 3. The fourth-order valence-corrected chi connectivity index (χ4v) is 2.70. The van der Waals surface area contributed by atoms with Crippen LogP contribution >= 0.6 is 15.9 Å². The van der Waals surface area contributed by atoms with Crippen molar-refractivity contribution < 1.29 is 4.74 Å². The van der Waals surface area contributed by atoms with Gasteiger partial charge in [0.2, 0.25) is 5.95 Å². The first-order valence-corrected chi connectivity index (χ1v) is 8.07. The van der Waals surface area contributed by atoms with Gasteiger partial charge in [0.1, 0.15) is 5.75 Å². The second-order valence-corrected chi connectivity index (χ2v) is 5.98. The van der Waals surface area contributed by atoms with Gasteiger partial charge in [-0.1, -0.05) is 12.1 Å².